The minimum atomic E-state index is -0.958. The summed E-state index contributed by atoms with van der Waals surface area (Å²) < 4.78 is 0. The molecule has 0 bridgehead atoms. The fraction of sp³-hybridized carbons (Fsp3) is 0.435. The number of piperidine rings is 1. The third kappa shape index (κ3) is 4.28. The highest BCUT2D eigenvalue weighted by atomic mass is 16.2. The summed E-state index contributed by atoms with van der Waals surface area (Å²) in [4.78, 5) is 59.2. The van der Waals surface area contributed by atoms with E-state index in [1.807, 2.05) is 0 Å². The normalized spacial score (nSPS) is 20.3. The number of carbonyl (C=O) groups is 3. The molecule has 1 aromatic heterocycles. The van der Waals surface area contributed by atoms with E-state index in [4.69, 9.17) is 0 Å². The Morgan fingerprint density at radius 3 is 2.62 bits per heavy atom. The first-order chi connectivity index (χ1) is 15.4. The summed E-state index contributed by atoms with van der Waals surface area (Å²) >= 11 is 0. The van der Waals surface area contributed by atoms with Gasteiger partial charge in [-0.25, -0.2) is 0 Å². The fourth-order valence-corrected chi connectivity index (χ4v) is 4.44. The third-order valence-electron chi connectivity index (χ3n) is 6.18. The highest BCUT2D eigenvalue weighted by Gasteiger charge is 2.35. The van der Waals surface area contributed by atoms with Crippen LogP contribution in [0.5, 0.6) is 0 Å². The number of ketones is 1. The molecule has 0 radical (unpaired) electrons. The predicted molar refractivity (Wildman–Crippen MR) is 121 cm³/mol. The number of fused-ring (bicyclic) bond motifs is 1. The molecule has 0 spiro atoms. The summed E-state index contributed by atoms with van der Waals surface area (Å²) in [7, 11) is 0. The number of benzene rings is 1. The van der Waals surface area contributed by atoms with Crippen molar-refractivity contribution in [1.82, 2.24) is 9.97 Å². The van der Waals surface area contributed by atoms with Crippen LogP contribution in [0.1, 0.15) is 67.8 Å². The Bertz CT molecular complexity index is 1110. The minimum Gasteiger partial charge on any atom is -0.339 e. The zero-order chi connectivity index (χ0) is 22.8. The monoisotopic (exact) mass is 437 g/mol. The van der Waals surface area contributed by atoms with Gasteiger partial charge in [-0.05, 0) is 56.9 Å². The van der Waals surface area contributed by atoms with Crippen molar-refractivity contribution in [2.24, 2.45) is 0 Å². The minimum absolute atomic E-state index is 0.0758. The van der Waals surface area contributed by atoms with Crippen LogP contribution in [-0.2, 0) is 9.59 Å². The number of Topliss-reactive ketones (excluding diaryl/α,β-unsaturated/α-hetero) is 1. The number of nitrogens with one attached hydrogen (secondary N) is 3. The second-order valence-corrected chi connectivity index (χ2v) is 8.33. The van der Waals surface area contributed by atoms with E-state index in [-0.39, 0.29) is 35.5 Å². The molecule has 0 saturated carbocycles. The van der Waals surface area contributed by atoms with Gasteiger partial charge in [0.25, 0.3) is 5.56 Å². The molecule has 2 aliphatic rings. The van der Waals surface area contributed by atoms with E-state index in [0.29, 0.717) is 17.2 Å². The average Bonchev–Trinajstić information content (AvgIpc) is 2.78. The number of H-pyrrole nitrogens is 1. The Balaban J connectivity index is 1.62. The molecular weight excluding hydrogens is 410 g/mol. The van der Waals surface area contributed by atoms with Crippen LogP contribution in [0.2, 0.25) is 0 Å². The number of anilines is 3. The zero-order valence-electron chi connectivity index (χ0n) is 18.2. The van der Waals surface area contributed by atoms with Crippen LogP contribution in [0.3, 0.4) is 0 Å². The summed E-state index contributed by atoms with van der Waals surface area (Å²) in [6.07, 6.45) is 3.96. The molecule has 168 valence electrons. The number of aromatic amines is 1. The summed E-state index contributed by atoms with van der Waals surface area (Å²) in [6, 6.07) is 6.74. The van der Waals surface area contributed by atoms with E-state index in [1.165, 1.54) is 6.92 Å². The number of carbonyl (C=O) groups excluding carboxylic acids is 3. The highest BCUT2D eigenvalue weighted by molar-refractivity contribution is 6.04. The Morgan fingerprint density at radius 1 is 1.19 bits per heavy atom. The SMILES string of the molecule is CC[C@@H]1CCCCN1c1nc2c(c(=O)[nH]1)[C@H](C(=O)Nc1ccc(C(C)=O)cc1)CC(=O)N2. The van der Waals surface area contributed by atoms with Crippen LogP contribution in [0.15, 0.2) is 29.1 Å². The molecule has 1 saturated heterocycles. The molecule has 4 rings (SSSR count). The maximum atomic E-state index is 13.0. The maximum absolute atomic E-state index is 13.0. The van der Waals surface area contributed by atoms with Crippen molar-refractivity contribution in [2.75, 3.05) is 22.1 Å². The smallest absolute Gasteiger partial charge is 0.258 e. The van der Waals surface area contributed by atoms with Gasteiger partial charge in [-0.3, -0.25) is 24.2 Å². The van der Waals surface area contributed by atoms with Gasteiger partial charge in [0.2, 0.25) is 17.8 Å². The lowest BCUT2D eigenvalue weighted by molar-refractivity contribution is -0.123. The van der Waals surface area contributed by atoms with Crippen molar-refractivity contribution >= 4 is 35.1 Å². The van der Waals surface area contributed by atoms with Gasteiger partial charge in [0, 0.05) is 30.3 Å². The Hall–Kier alpha value is -3.49. The number of hydrogen-bond acceptors (Lipinski definition) is 6. The molecule has 9 nitrogen and oxygen atoms in total. The number of rotatable bonds is 5. The van der Waals surface area contributed by atoms with Crippen LogP contribution >= 0.6 is 0 Å². The van der Waals surface area contributed by atoms with Gasteiger partial charge < -0.3 is 15.5 Å². The topological polar surface area (TPSA) is 124 Å². The third-order valence-corrected chi connectivity index (χ3v) is 6.18. The van der Waals surface area contributed by atoms with Crippen LogP contribution < -0.4 is 21.1 Å². The molecular formula is C23H27N5O4. The van der Waals surface area contributed by atoms with Crippen LogP contribution in [-0.4, -0.2) is 40.2 Å². The molecule has 3 N–H and O–H groups in total. The molecule has 2 aromatic rings. The lowest BCUT2D eigenvalue weighted by atomic mass is 9.92. The van der Waals surface area contributed by atoms with Crippen LogP contribution in [0.25, 0.3) is 0 Å². The van der Waals surface area contributed by atoms with E-state index >= 15 is 0 Å². The van der Waals surface area contributed by atoms with Gasteiger partial charge in [0.15, 0.2) is 5.78 Å². The Kier molecular flexibility index (Phi) is 6.07. The molecule has 0 aliphatic carbocycles. The molecule has 32 heavy (non-hydrogen) atoms. The zero-order valence-corrected chi connectivity index (χ0v) is 18.2. The van der Waals surface area contributed by atoms with Crippen LogP contribution in [0, 0.1) is 0 Å². The maximum Gasteiger partial charge on any atom is 0.258 e. The largest absolute Gasteiger partial charge is 0.339 e. The van der Waals surface area contributed by atoms with Gasteiger partial charge in [-0.2, -0.15) is 4.98 Å². The summed E-state index contributed by atoms with van der Waals surface area (Å²) in [5, 5.41) is 5.41. The number of aromatic nitrogens is 2. The number of nitrogens with zero attached hydrogens (tertiary/aromatic N) is 2. The van der Waals surface area contributed by atoms with Crippen molar-refractivity contribution in [2.45, 2.75) is 57.9 Å². The first-order valence-electron chi connectivity index (χ1n) is 11.0. The summed E-state index contributed by atoms with van der Waals surface area (Å²) in [5.41, 5.74) is 0.753. The van der Waals surface area contributed by atoms with E-state index in [9.17, 15) is 19.2 Å². The Morgan fingerprint density at radius 2 is 1.94 bits per heavy atom. The van der Waals surface area contributed by atoms with Gasteiger partial charge in [0.05, 0.1) is 11.5 Å². The molecule has 2 atom stereocenters. The first kappa shape index (κ1) is 21.7. The molecule has 1 aromatic carbocycles. The molecule has 1 fully saturated rings. The van der Waals surface area contributed by atoms with Gasteiger partial charge in [-0.15, -0.1) is 0 Å². The highest BCUT2D eigenvalue weighted by Crippen LogP contribution is 2.31. The first-order valence-corrected chi connectivity index (χ1v) is 11.0. The van der Waals surface area contributed by atoms with Crippen molar-refractivity contribution in [1.29, 1.82) is 0 Å². The Labute approximate surface area is 185 Å². The number of amides is 2. The van der Waals surface area contributed by atoms with Gasteiger partial charge >= 0.3 is 0 Å². The van der Waals surface area contributed by atoms with Crippen molar-refractivity contribution in [3.63, 3.8) is 0 Å². The molecule has 2 amide bonds. The van der Waals surface area contributed by atoms with E-state index in [2.05, 4.69) is 32.4 Å². The van der Waals surface area contributed by atoms with Crippen molar-refractivity contribution < 1.29 is 14.4 Å². The lowest BCUT2D eigenvalue weighted by Crippen LogP contribution is -2.43. The summed E-state index contributed by atoms with van der Waals surface area (Å²) in [5.74, 6) is -1.29. The second-order valence-electron chi connectivity index (χ2n) is 8.33. The second kappa shape index (κ2) is 8.94. The standard InChI is InChI=1S/C23H27N5O4/c1-3-16-6-4-5-11-28(16)23-26-20-19(22(32)27-23)17(12-18(30)25-20)21(31)24-15-9-7-14(8-10-15)13(2)29/h7-10,16-17H,3-6,11-12H2,1-2H3,(H,24,31)(H2,25,26,27,30,32)/t16-,17-/m1/s1. The summed E-state index contributed by atoms with van der Waals surface area (Å²) in [6.45, 7) is 4.35. The molecule has 0 unspecified atom stereocenters. The van der Waals surface area contributed by atoms with Crippen LogP contribution in [0.4, 0.5) is 17.5 Å². The quantitative estimate of drug-likeness (QED) is 0.618. The molecule has 2 aliphatic heterocycles. The fourth-order valence-electron chi connectivity index (χ4n) is 4.44. The van der Waals surface area contributed by atoms with Crippen molar-refractivity contribution in [3.8, 4) is 0 Å². The van der Waals surface area contributed by atoms with Gasteiger partial charge in [-0.1, -0.05) is 6.92 Å². The molecule has 3 heterocycles. The molecule has 9 heteroatoms. The average molecular weight is 438 g/mol. The lowest BCUT2D eigenvalue weighted by Gasteiger charge is -2.36. The predicted octanol–water partition coefficient (Wildman–Crippen LogP) is 2.81. The van der Waals surface area contributed by atoms with Gasteiger partial charge in [0.1, 0.15) is 5.82 Å². The van der Waals surface area contributed by atoms with Crippen molar-refractivity contribution in [3.05, 3.63) is 45.7 Å². The van der Waals surface area contributed by atoms with E-state index < -0.39 is 17.4 Å². The van der Waals surface area contributed by atoms with E-state index in [0.717, 1.165) is 32.2 Å². The number of hydrogen-bond donors (Lipinski definition) is 3. The van der Waals surface area contributed by atoms with E-state index in [1.54, 1.807) is 24.3 Å².